The van der Waals surface area contributed by atoms with Gasteiger partial charge in [-0.25, -0.2) is 15.0 Å². The second kappa shape index (κ2) is 5.77. The van der Waals surface area contributed by atoms with E-state index >= 15 is 0 Å². The standard InChI is InChI=1S/C4H5N3.C4H10/c1-4-6-2-5-3-7-4;1-4(2)3/h2-3H,1H3;4H,1-3H3. The molecule has 0 saturated carbocycles. The van der Waals surface area contributed by atoms with Gasteiger partial charge >= 0.3 is 0 Å². The highest BCUT2D eigenvalue weighted by Crippen LogP contribution is 1.81. The molecule has 3 heteroatoms. The van der Waals surface area contributed by atoms with Crippen molar-refractivity contribution in [3.05, 3.63) is 18.5 Å². The quantitative estimate of drug-likeness (QED) is 0.571. The van der Waals surface area contributed by atoms with Crippen LogP contribution in [-0.2, 0) is 0 Å². The van der Waals surface area contributed by atoms with Gasteiger partial charge in [-0.3, -0.25) is 0 Å². The Morgan fingerprint density at radius 2 is 1.45 bits per heavy atom. The maximum atomic E-state index is 3.76. The Kier molecular flexibility index (Phi) is 5.25. The Morgan fingerprint density at radius 1 is 1.09 bits per heavy atom. The minimum atomic E-state index is 0.759. The first kappa shape index (κ1) is 10.0. The predicted molar refractivity (Wildman–Crippen MR) is 45.1 cm³/mol. The Bertz CT molecular complexity index is 169. The summed E-state index contributed by atoms with van der Waals surface area (Å²) in [6, 6.07) is 0. The molecule has 0 atom stereocenters. The van der Waals surface area contributed by atoms with Crippen LogP contribution in [0, 0.1) is 12.8 Å². The predicted octanol–water partition coefficient (Wildman–Crippen LogP) is 1.84. The van der Waals surface area contributed by atoms with E-state index in [-0.39, 0.29) is 0 Å². The van der Waals surface area contributed by atoms with Gasteiger partial charge in [0.1, 0.15) is 18.5 Å². The van der Waals surface area contributed by atoms with Crippen molar-refractivity contribution in [1.29, 1.82) is 0 Å². The first-order chi connectivity index (χ1) is 5.13. The molecule has 0 aliphatic rings. The third-order valence-corrected chi connectivity index (χ3v) is 0.622. The SMILES string of the molecule is CC(C)C.Cc1ncncn1. The molecule has 0 unspecified atom stereocenters. The van der Waals surface area contributed by atoms with Crippen LogP contribution in [0.15, 0.2) is 12.7 Å². The molecule has 1 heterocycles. The third kappa shape index (κ3) is 9.01. The summed E-state index contributed by atoms with van der Waals surface area (Å²) < 4.78 is 0. The second-order valence-electron chi connectivity index (χ2n) is 2.92. The Labute approximate surface area is 67.9 Å². The topological polar surface area (TPSA) is 38.7 Å². The molecule has 62 valence electrons. The van der Waals surface area contributed by atoms with Gasteiger partial charge < -0.3 is 0 Å². The van der Waals surface area contributed by atoms with E-state index in [1.807, 2.05) is 6.92 Å². The van der Waals surface area contributed by atoms with Gasteiger partial charge in [0.25, 0.3) is 0 Å². The van der Waals surface area contributed by atoms with Crippen molar-refractivity contribution in [2.45, 2.75) is 27.7 Å². The van der Waals surface area contributed by atoms with E-state index < -0.39 is 0 Å². The average Bonchev–Trinajstić information content (AvgIpc) is 1.87. The lowest BCUT2D eigenvalue weighted by Crippen LogP contribution is -1.84. The molecular weight excluding hydrogens is 138 g/mol. The fraction of sp³-hybridized carbons (Fsp3) is 0.625. The molecule has 0 bridgehead atoms. The molecule has 1 aromatic heterocycles. The van der Waals surface area contributed by atoms with Gasteiger partial charge in [-0.1, -0.05) is 20.8 Å². The number of rotatable bonds is 0. The highest BCUT2D eigenvalue weighted by atomic mass is 15.0. The van der Waals surface area contributed by atoms with Gasteiger partial charge in [0.15, 0.2) is 0 Å². The lowest BCUT2D eigenvalue weighted by Gasteiger charge is -1.80. The Morgan fingerprint density at radius 3 is 1.64 bits per heavy atom. The van der Waals surface area contributed by atoms with Crippen LogP contribution in [0.3, 0.4) is 0 Å². The molecule has 3 nitrogen and oxygen atoms in total. The van der Waals surface area contributed by atoms with Crippen LogP contribution in [0.1, 0.15) is 26.6 Å². The van der Waals surface area contributed by atoms with E-state index in [4.69, 9.17) is 0 Å². The van der Waals surface area contributed by atoms with Crippen LogP contribution in [-0.4, -0.2) is 15.0 Å². The molecule has 0 fully saturated rings. The first-order valence-electron chi connectivity index (χ1n) is 3.71. The second-order valence-corrected chi connectivity index (χ2v) is 2.92. The molecule has 0 N–H and O–H groups in total. The smallest absolute Gasteiger partial charge is 0.128 e. The number of aromatic nitrogens is 3. The van der Waals surface area contributed by atoms with Crippen LogP contribution in [0.4, 0.5) is 0 Å². The van der Waals surface area contributed by atoms with Gasteiger partial charge in [0.05, 0.1) is 0 Å². The summed E-state index contributed by atoms with van der Waals surface area (Å²) in [7, 11) is 0. The highest BCUT2D eigenvalue weighted by molar-refractivity contribution is 4.73. The molecule has 0 aliphatic heterocycles. The van der Waals surface area contributed by atoms with E-state index in [1.54, 1.807) is 0 Å². The highest BCUT2D eigenvalue weighted by Gasteiger charge is 1.75. The maximum Gasteiger partial charge on any atom is 0.128 e. The van der Waals surface area contributed by atoms with Crippen LogP contribution in [0.25, 0.3) is 0 Å². The van der Waals surface area contributed by atoms with Gasteiger partial charge in [-0.15, -0.1) is 0 Å². The molecule has 1 aromatic rings. The summed E-state index contributed by atoms with van der Waals surface area (Å²) in [4.78, 5) is 11.1. The van der Waals surface area contributed by atoms with E-state index in [9.17, 15) is 0 Å². The minimum Gasteiger partial charge on any atom is -0.225 e. The summed E-state index contributed by atoms with van der Waals surface area (Å²) in [5.41, 5.74) is 0. The van der Waals surface area contributed by atoms with Crippen LogP contribution in [0.5, 0.6) is 0 Å². The van der Waals surface area contributed by atoms with Crippen LogP contribution >= 0.6 is 0 Å². The van der Waals surface area contributed by atoms with Crippen molar-refractivity contribution >= 4 is 0 Å². The Hall–Kier alpha value is -0.990. The summed E-state index contributed by atoms with van der Waals surface area (Å²) in [5.74, 6) is 1.59. The Balaban J connectivity index is 0.000000218. The summed E-state index contributed by atoms with van der Waals surface area (Å²) >= 11 is 0. The number of hydrogen-bond acceptors (Lipinski definition) is 3. The van der Waals surface area contributed by atoms with Crippen molar-refractivity contribution in [3.8, 4) is 0 Å². The normalized spacial score (nSPS) is 8.82. The summed E-state index contributed by atoms with van der Waals surface area (Å²) in [5, 5.41) is 0. The molecule has 0 aromatic carbocycles. The first-order valence-corrected chi connectivity index (χ1v) is 3.71. The van der Waals surface area contributed by atoms with Crippen molar-refractivity contribution in [2.24, 2.45) is 5.92 Å². The van der Waals surface area contributed by atoms with Crippen LogP contribution in [0.2, 0.25) is 0 Å². The van der Waals surface area contributed by atoms with Gasteiger partial charge in [0, 0.05) is 0 Å². The minimum absolute atomic E-state index is 0.759. The fourth-order valence-corrected chi connectivity index (χ4v) is 0.297. The van der Waals surface area contributed by atoms with Gasteiger partial charge in [0.2, 0.25) is 0 Å². The molecular formula is C8H15N3. The molecule has 11 heavy (non-hydrogen) atoms. The van der Waals surface area contributed by atoms with Gasteiger partial charge in [-0.2, -0.15) is 0 Å². The number of aryl methyl sites for hydroxylation is 1. The molecule has 0 spiro atoms. The van der Waals surface area contributed by atoms with Crippen molar-refractivity contribution in [2.75, 3.05) is 0 Å². The largest absolute Gasteiger partial charge is 0.225 e. The lowest BCUT2D eigenvalue weighted by atomic mass is 10.3. The molecule has 0 saturated heterocycles. The van der Waals surface area contributed by atoms with Crippen molar-refractivity contribution in [1.82, 2.24) is 15.0 Å². The summed E-state index contributed by atoms with van der Waals surface area (Å²) in [6.45, 7) is 8.32. The van der Waals surface area contributed by atoms with E-state index in [1.165, 1.54) is 12.7 Å². The zero-order valence-corrected chi connectivity index (χ0v) is 7.57. The fourth-order valence-electron chi connectivity index (χ4n) is 0.297. The van der Waals surface area contributed by atoms with Gasteiger partial charge in [-0.05, 0) is 12.8 Å². The number of hydrogen-bond donors (Lipinski definition) is 0. The van der Waals surface area contributed by atoms with Crippen molar-refractivity contribution < 1.29 is 0 Å². The zero-order chi connectivity index (χ0) is 8.69. The van der Waals surface area contributed by atoms with Crippen LogP contribution < -0.4 is 0 Å². The van der Waals surface area contributed by atoms with E-state index in [2.05, 4.69) is 35.7 Å². The molecule has 1 rings (SSSR count). The van der Waals surface area contributed by atoms with E-state index in [0.29, 0.717) is 0 Å². The summed E-state index contributed by atoms with van der Waals surface area (Å²) in [6.07, 6.45) is 2.95. The molecule has 0 radical (unpaired) electrons. The monoisotopic (exact) mass is 153 g/mol. The van der Waals surface area contributed by atoms with E-state index in [0.717, 1.165) is 11.7 Å². The zero-order valence-electron chi connectivity index (χ0n) is 7.57. The third-order valence-electron chi connectivity index (χ3n) is 0.622. The lowest BCUT2D eigenvalue weighted by molar-refractivity contribution is 0.737. The number of nitrogens with zero attached hydrogens (tertiary/aromatic N) is 3. The van der Waals surface area contributed by atoms with Crippen molar-refractivity contribution in [3.63, 3.8) is 0 Å². The average molecular weight is 153 g/mol. The molecule has 0 aliphatic carbocycles. The maximum absolute atomic E-state index is 3.76. The molecule has 0 amide bonds.